The zero-order valence-corrected chi connectivity index (χ0v) is 23.6. The number of hydrogen-bond acceptors (Lipinski definition) is 5. The van der Waals surface area contributed by atoms with Gasteiger partial charge in [-0.15, -0.1) is 0 Å². The second-order valence-electron chi connectivity index (χ2n) is 9.47. The maximum absolute atomic E-state index is 13.7. The normalized spacial score (nSPS) is 20.2. The van der Waals surface area contributed by atoms with Gasteiger partial charge in [-0.25, -0.2) is 14.0 Å². The fourth-order valence-electron chi connectivity index (χ4n) is 5.08. The molecule has 2 aromatic carbocycles. The van der Waals surface area contributed by atoms with Crippen molar-refractivity contribution in [3.8, 4) is 0 Å². The molecular weight excluding hydrogens is 546 g/mol. The van der Waals surface area contributed by atoms with Gasteiger partial charge in [0.25, 0.3) is 5.91 Å². The summed E-state index contributed by atoms with van der Waals surface area (Å²) >= 11 is 12.4. The van der Waals surface area contributed by atoms with Gasteiger partial charge in [-0.2, -0.15) is 0 Å². The number of halogens is 3. The maximum atomic E-state index is 13.7. The van der Waals surface area contributed by atoms with Gasteiger partial charge in [-0.3, -0.25) is 14.6 Å². The molecule has 2 heterocycles. The van der Waals surface area contributed by atoms with Gasteiger partial charge in [-0.1, -0.05) is 35.3 Å². The molecule has 208 valence electrons. The van der Waals surface area contributed by atoms with Gasteiger partial charge in [0, 0.05) is 50.0 Å². The number of benzene rings is 2. The molecule has 0 radical (unpaired) electrons. The summed E-state index contributed by atoms with van der Waals surface area (Å²) in [5.74, 6) is -1.23. The summed E-state index contributed by atoms with van der Waals surface area (Å²) < 4.78 is 19.1. The summed E-state index contributed by atoms with van der Waals surface area (Å²) in [6, 6.07) is 9.33. The minimum Gasteiger partial charge on any atom is -0.463 e. The molecule has 0 aromatic heterocycles. The summed E-state index contributed by atoms with van der Waals surface area (Å²) in [5.41, 5.74) is 1.76. The number of rotatable bonds is 7. The minimum atomic E-state index is -0.780. The summed E-state index contributed by atoms with van der Waals surface area (Å²) in [7, 11) is 0. The molecule has 2 atom stereocenters. The number of carbonyl (C=O) groups excluding carboxylic acids is 3. The van der Waals surface area contributed by atoms with Gasteiger partial charge in [0.15, 0.2) is 0 Å². The highest BCUT2D eigenvalue weighted by Crippen LogP contribution is 2.35. The highest BCUT2D eigenvalue weighted by Gasteiger charge is 2.39. The van der Waals surface area contributed by atoms with Gasteiger partial charge in [0.2, 0.25) is 0 Å². The second kappa shape index (κ2) is 12.4. The van der Waals surface area contributed by atoms with Crippen molar-refractivity contribution in [2.24, 2.45) is 0 Å². The Kier molecular flexibility index (Phi) is 9.15. The Labute approximate surface area is 237 Å². The Morgan fingerprint density at radius 1 is 1.10 bits per heavy atom. The Hall–Kier alpha value is -3.14. The van der Waals surface area contributed by atoms with E-state index in [2.05, 4.69) is 10.2 Å². The van der Waals surface area contributed by atoms with Crippen LogP contribution in [0.25, 0.3) is 0 Å². The van der Waals surface area contributed by atoms with E-state index in [-0.39, 0.29) is 24.6 Å². The number of ether oxygens (including phenoxy) is 1. The van der Waals surface area contributed by atoms with Gasteiger partial charge in [0.1, 0.15) is 5.82 Å². The fourth-order valence-corrected chi connectivity index (χ4v) is 5.38. The van der Waals surface area contributed by atoms with Crippen LogP contribution in [-0.4, -0.2) is 78.0 Å². The first-order chi connectivity index (χ1) is 18.6. The number of carbonyl (C=O) groups is 3. The van der Waals surface area contributed by atoms with Crippen LogP contribution < -0.4 is 5.32 Å². The number of nitrogens with one attached hydrogen (secondary N) is 1. The number of nitrogens with zero attached hydrogens (tertiary/aromatic N) is 3. The molecule has 0 unspecified atom stereocenters. The quantitative estimate of drug-likeness (QED) is 0.475. The SMILES string of the molecule is CCOC(=O)C1=C(CN2CCN(C(=O)c3cccc(F)c3)[C@@H](C)C2)N(CC)C(=O)N[C@@H]1c1ccc(Cl)c(Cl)c1. The first-order valence-corrected chi connectivity index (χ1v) is 13.6. The molecule has 0 saturated carbocycles. The lowest BCUT2D eigenvalue weighted by Crippen LogP contribution is -2.56. The molecule has 1 N–H and O–H groups in total. The summed E-state index contributed by atoms with van der Waals surface area (Å²) in [4.78, 5) is 44.9. The zero-order valence-electron chi connectivity index (χ0n) is 22.0. The van der Waals surface area contributed by atoms with Crippen LogP contribution >= 0.6 is 23.2 Å². The Balaban J connectivity index is 1.64. The third-order valence-electron chi connectivity index (χ3n) is 6.94. The van der Waals surface area contributed by atoms with E-state index >= 15 is 0 Å². The molecule has 4 rings (SSSR count). The van der Waals surface area contributed by atoms with Crippen LogP contribution in [-0.2, 0) is 9.53 Å². The Morgan fingerprint density at radius 3 is 2.51 bits per heavy atom. The van der Waals surface area contributed by atoms with Crippen LogP contribution in [0.15, 0.2) is 53.7 Å². The summed E-state index contributed by atoms with van der Waals surface area (Å²) in [6.45, 7) is 7.69. The third kappa shape index (κ3) is 6.21. The van der Waals surface area contributed by atoms with E-state index in [0.717, 1.165) is 0 Å². The van der Waals surface area contributed by atoms with Crippen molar-refractivity contribution >= 4 is 41.1 Å². The molecule has 3 amide bonds. The van der Waals surface area contributed by atoms with Gasteiger partial charge in [-0.05, 0) is 56.7 Å². The average molecular weight is 577 g/mol. The number of hydrogen-bond donors (Lipinski definition) is 1. The van der Waals surface area contributed by atoms with E-state index < -0.39 is 17.8 Å². The predicted molar refractivity (Wildman–Crippen MR) is 147 cm³/mol. The highest BCUT2D eigenvalue weighted by molar-refractivity contribution is 6.42. The smallest absolute Gasteiger partial charge is 0.338 e. The maximum Gasteiger partial charge on any atom is 0.338 e. The van der Waals surface area contributed by atoms with Crippen LogP contribution in [0.1, 0.15) is 42.7 Å². The van der Waals surface area contributed by atoms with E-state index in [9.17, 15) is 18.8 Å². The van der Waals surface area contributed by atoms with Crippen LogP contribution in [0.3, 0.4) is 0 Å². The van der Waals surface area contributed by atoms with E-state index in [1.54, 1.807) is 36.1 Å². The Bertz CT molecular complexity index is 1300. The molecular formula is C28H31Cl2FN4O4. The van der Waals surface area contributed by atoms with Gasteiger partial charge < -0.3 is 15.0 Å². The van der Waals surface area contributed by atoms with Crippen molar-refractivity contribution in [1.29, 1.82) is 0 Å². The molecule has 8 nitrogen and oxygen atoms in total. The Morgan fingerprint density at radius 2 is 1.87 bits per heavy atom. The monoisotopic (exact) mass is 576 g/mol. The van der Waals surface area contributed by atoms with Crippen molar-refractivity contribution in [1.82, 2.24) is 20.0 Å². The second-order valence-corrected chi connectivity index (χ2v) is 10.3. The van der Waals surface area contributed by atoms with Crippen molar-refractivity contribution in [3.63, 3.8) is 0 Å². The molecule has 1 saturated heterocycles. The van der Waals surface area contributed by atoms with Crippen molar-refractivity contribution < 1.29 is 23.5 Å². The van der Waals surface area contributed by atoms with E-state index in [1.807, 2.05) is 13.8 Å². The molecule has 39 heavy (non-hydrogen) atoms. The number of amides is 3. The fraction of sp³-hybridized carbons (Fsp3) is 0.393. The predicted octanol–water partition coefficient (Wildman–Crippen LogP) is 4.88. The van der Waals surface area contributed by atoms with Crippen LogP contribution in [0, 0.1) is 5.82 Å². The molecule has 0 spiro atoms. The highest BCUT2D eigenvalue weighted by atomic mass is 35.5. The van der Waals surface area contributed by atoms with Gasteiger partial charge in [0.05, 0.1) is 28.3 Å². The number of piperazine rings is 1. The first-order valence-electron chi connectivity index (χ1n) is 12.9. The molecule has 2 aromatic rings. The molecule has 0 aliphatic carbocycles. The number of esters is 1. The third-order valence-corrected chi connectivity index (χ3v) is 7.68. The minimum absolute atomic E-state index is 0.168. The topological polar surface area (TPSA) is 82.2 Å². The van der Waals surface area contributed by atoms with E-state index in [0.29, 0.717) is 65.2 Å². The molecule has 2 aliphatic heterocycles. The summed E-state index contributed by atoms with van der Waals surface area (Å²) in [5, 5.41) is 3.58. The van der Waals surface area contributed by atoms with Gasteiger partial charge >= 0.3 is 12.0 Å². The van der Waals surface area contributed by atoms with Crippen LogP contribution in [0.4, 0.5) is 9.18 Å². The van der Waals surface area contributed by atoms with Crippen molar-refractivity contribution in [2.45, 2.75) is 32.9 Å². The largest absolute Gasteiger partial charge is 0.463 e. The lowest BCUT2D eigenvalue weighted by atomic mass is 9.94. The van der Waals surface area contributed by atoms with E-state index in [1.165, 1.54) is 23.1 Å². The molecule has 0 bridgehead atoms. The molecule has 1 fully saturated rings. The van der Waals surface area contributed by atoms with Crippen molar-refractivity contribution in [2.75, 3.05) is 39.3 Å². The van der Waals surface area contributed by atoms with Crippen LogP contribution in [0.2, 0.25) is 10.0 Å². The standard InChI is InChI=1S/C28H31Cl2FN4O4/c1-4-34-23(16-33-11-12-35(17(3)15-33)26(36)19-7-6-8-20(31)13-19)24(27(37)39-5-2)25(32-28(34)38)18-9-10-21(29)22(30)14-18/h6-10,13-14,17,25H,4-5,11-12,15-16H2,1-3H3,(H,32,38)/t17-,25+/m0/s1. The number of likely N-dealkylation sites (N-methyl/N-ethyl adjacent to an activating group) is 1. The lowest BCUT2D eigenvalue weighted by molar-refractivity contribution is -0.139. The average Bonchev–Trinajstić information content (AvgIpc) is 2.90. The molecule has 2 aliphatic rings. The number of urea groups is 1. The van der Waals surface area contributed by atoms with E-state index in [4.69, 9.17) is 27.9 Å². The van der Waals surface area contributed by atoms with Crippen molar-refractivity contribution in [3.05, 3.63) is 80.7 Å². The molecule has 11 heteroatoms. The van der Waals surface area contributed by atoms with Crippen LogP contribution in [0.5, 0.6) is 0 Å². The lowest BCUT2D eigenvalue weighted by Gasteiger charge is -2.43. The summed E-state index contributed by atoms with van der Waals surface area (Å²) in [6.07, 6.45) is 0. The first kappa shape index (κ1) is 28.9. The zero-order chi connectivity index (χ0) is 28.3.